The molecule has 1 atom stereocenters. The summed E-state index contributed by atoms with van der Waals surface area (Å²) in [6, 6.07) is 23.6. The van der Waals surface area contributed by atoms with Crippen LogP contribution in [0, 0.1) is 0 Å². The van der Waals surface area contributed by atoms with Crippen LogP contribution in [0.4, 0.5) is 11.4 Å². The number of hydrogen-bond donors (Lipinski definition) is 1. The molecule has 114 valence electrons. The molecule has 0 saturated carbocycles. The second-order valence-corrected chi connectivity index (χ2v) is 5.00. The van der Waals surface area contributed by atoms with Gasteiger partial charge in [0.25, 0.3) is 5.91 Å². The number of aromatic nitrogens is 1. The van der Waals surface area contributed by atoms with E-state index in [0.717, 1.165) is 0 Å². The zero-order chi connectivity index (χ0) is 16.1. The summed E-state index contributed by atoms with van der Waals surface area (Å²) in [5.41, 5.74) is 1.71. The van der Waals surface area contributed by atoms with E-state index in [-0.39, 0.29) is 0 Å². The van der Waals surface area contributed by atoms with Gasteiger partial charge in [-0.1, -0.05) is 42.5 Å². The topological polar surface area (TPSA) is 53.4 Å². The van der Waals surface area contributed by atoms with Crippen molar-refractivity contribution < 1.29 is 9.90 Å². The van der Waals surface area contributed by atoms with Crippen molar-refractivity contribution in [2.75, 3.05) is 4.90 Å². The summed E-state index contributed by atoms with van der Waals surface area (Å²) in [4.78, 5) is 18.5. The number of amides is 1. The molecule has 1 heterocycles. The molecule has 23 heavy (non-hydrogen) atoms. The van der Waals surface area contributed by atoms with Crippen LogP contribution in [0.2, 0.25) is 0 Å². The smallest absolute Gasteiger partial charge is 0.266 e. The number of carbonyl (C=O) groups is 1. The first-order valence-corrected chi connectivity index (χ1v) is 7.30. The van der Waals surface area contributed by atoms with Gasteiger partial charge in [-0.25, -0.2) is 0 Å². The lowest BCUT2D eigenvalue weighted by Crippen LogP contribution is -2.31. The molecule has 3 aromatic rings. The molecule has 0 fully saturated rings. The molecule has 0 aliphatic heterocycles. The lowest BCUT2D eigenvalue weighted by atomic mass is 10.1. The number of aliphatic hydroxyl groups is 1. The van der Waals surface area contributed by atoms with Gasteiger partial charge in [0.1, 0.15) is 0 Å². The van der Waals surface area contributed by atoms with Crippen LogP contribution in [0.15, 0.2) is 85.1 Å². The summed E-state index contributed by atoms with van der Waals surface area (Å²) in [5, 5.41) is 10.4. The molecule has 0 radical (unpaired) electrons. The van der Waals surface area contributed by atoms with Crippen LogP contribution in [0.25, 0.3) is 0 Å². The molecule has 1 amide bonds. The van der Waals surface area contributed by atoms with Crippen LogP contribution in [-0.4, -0.2) is 16.0 Å². The number of aliphatic hydroxyl groups excluding tert-OH is 1. The third-order valence-electron chi connectivity index (χ3n) is 3.45. The molecular weight excluding hydrogens is 288 g/mol. The number of carbonyl (C=O) groups excluding carboxylic acids is 1. The highest BCUT2D eigenvalue weighted by Crippen LogP contribution is 2.28. The van der Waals surface area contributed by atoms with Crippen molar-refractivity contribution in [2.24, 2.45) is 0 Å². The van der Waals surface area contributed by atoms with Crippen molar-refractivity contribution in [3.63, 3.8) is 0 Å². The Morgan fingerprint density at radius 2 is 1.35 bits per heavy atom. The molecule has 4 heteroatoms. The summed E-state index contributed by atoms with van der Waals surface area (Å²) in [6.45, 7) is 0. The molecule has 0 spiro atoms. The zero-order valence-electron chi connectivity index (χ0n) is 12.4. The van der Waals surface area contributed by atoms with E-state index in [4.69, 9.17) is 0 Å². The number of hydrogen-bond acceptors (Lipinski definition) is 3. The van der Waals surface area contributed by atoms with Crippen LogP contribution in [-0.2, 0) is 4.79 Å². The van der Waals surface area contributed by atoms with E-state index >= 15 is 0 Å². The minimum absolute atomic E-state index is 0.328. The zero-order valence-corrected chi connectivity index (χ0v) is 12.4. The maximum absolute atomic E-state index is 12.9. The van der Waals surface area contributed by atoms with Crippen molar-refractivity contribution in [3.8, 4) is 0 Å². The fourth-order valence-corrected chi connectivity index (χ4v) is 2.34. The van der Waals surface area contributed by atoms with Gasteiger partial charge in [-0.3, -0.25) is 14.7 Å². The quantitative estimate of drug-likeness (QED) is 0.803. The highest BCUT2D eigenvalue weighted by Gasteiger charge is 2.27. The predicted octanol–water partition coefficient (Wildman–Crippen LogP) is 3.48. The number of rotatable bonds is 4. The van der Waals surface area contributed by atoms with Gasteiger partial charge in [0.15, 0.2) is 6.10 Å². The van der Waals surface area contributed by atoms with Crippen LogP contribution in [0.5, 0.6) is 0 Å². The van der Waals surface area contributed by atoms with Gasteiger partial charge in [0.05, 0.1) is 5.69 Å². The fraction of sp³-hybridized carbons (Fsp3) is 0.0526. The van der Waals surface area contributed by atoms with Crippen molar-refractivity contribution in [1.29, 1.82) is 0 Å². The Balaban J connectivity index is 2.00. The Hall–Kier alpha value is -2.98. The van der Waals surface area contributed by atoms with Crippen molar-refractivity contribution in [3.05, 3.63) is 90.8 Å². The second kappa shape index (κ2) is 6.85. The van der Waals surface area contributed by atoms with Gasteiger partial charge in [-0.05, 0) is 36.4 Å². The number of anilines is 2. The van der Waals surface area contributed by atoms with E-state index in [0.29, 0.717) is 17.1 Å². The molecule has 1 aromatic heterocycles. The predicted molar refractivity (Wildman–Crippen MR) is 89.2 cm³/mol. The van der Waals surface area contributed by atoms with Gasteiger partial charge in [-0.15, -0.1) is 0 Å². The van der Waals surface area contributed by atoms with Crippen LogP contribution >= 0.6 is 0 Å². The van der Waals surface area contributed by atoms with E-state index in [1.54, 1.807) is 24.4 Å². The monoisotopic (exact) mass is 304 g/mol. The SMILES string of the molecule is O=C(C(O)c1ccccn1)N(c1ccccc1)c1ccccc1. The highest BCUT2D eigenvalue weighted by atomic mass is 16.3. The van der Waals surface area contributed by atoms with E-state index in [2.05, 4.69) is 4.98 Å². The van der Waals surface area contributed by atoms with Crippen molar-refractivity contribution >= 4 is 17.3 Å². The van der Waals surface area contributed by atoms with E-state index < -0.39 is 12.0 Å². The van der Waals surface area contributed by atoms with Gasteiger partial charge in [0, 0.05) is 17.6 Å². The lowest BCUT2D eigenvalue weighted by Gasteiger charge is -2.25. The number of para-hydroxylation sites is 2. The summed E-state index contributed by atoms with van der Waals surface area (Å²) in [6.07, 6.45) is 0.234. The normalized spacial score (nSPS) is 11.7. The molecule has 0 saturated heterocycles. The molecule has 3 rings (SSSR count). The van der Waals surface area contributed by atoms with Gasteiger partial charge in [0.2, 0.25) is 0 Å². The minimum atomic E-state index is -1.32. The minimum Gasteiger partial charge on any atom is -0.377 e. The van der Waals surface area contributed by atoms with Crippen LogP contribution in [0.1, 0.15) is 11.8 Å². The Kier molecular flexibility index (Phi) is 4.45. The molecule has 0 aliphatic rings. The molecular formula is C19H16N2O2. The first-order chi connectivity index (χ1) is 11.3. The van der Waals surface area contributed by atoms with E-state index in [1.807, 2.05) is 60.7 Å². The van der Waals surface area contributed by atoms with Crippen molar-refractivity contribution in [2.45, 2.75) is 6.10 Å². The van der Waals surface area contributed by atoms with E-state index in [9.17, 15) is 9.90 Å². The summed E-state index contributed by atoms with van der Waals surface area (Å²) in [5.74, 6) is -0.443. The molecule has 2 aromatic carbocycles. The van der Waals surface area contributed by atoms with Crippen LogP contribution in [0.3, 0.4) is 0 Å². The largest absolute Gasteiger partial charge is 0.377 e. The highest BCUT2D eigenvalue weighted by molar-refractivity contribution is 6.03. The standard InChI is InChI=1S/C19H16N2O2/c22-18(17-13-7-8-14-20-17)19(23)21(15-9-3-1-4-10-15)16-11-5-2-6-12-16/h1-14,18,22H. The molecule has 0 aliphatic carbocycles. The van der Waals surface area contributed by atoms with Gasteiger partial charge < -0.3 is 5.11 Å². The van der Waals surface area contributed by atoms with E-state index in [1.165, 1.54) is 4.90 Å². The summed E-state index contributed by atoms with van der Waals surface area (Å²) >= 11 is 0. The average Bonchev–Trinajstić information content (AvgIpc) is 2.64. The fourth-order valence-electron chi connectivity index (χ4n) is 2.34. The molecule has 1 unspecified atom stereocenters. The Bertz CT molecular complexity index is 722. The maximum Gasteiger partial charge on any atom is 0.266 e. The summed E-state index contributed by atoms with van der Waals surface area (Å²) < 4.78 is 0. The Labute approximate surface area is 134 Å². The summed E-state index contributed by atoms with van der Waals surface area (Å²) in [7, 11) is 0. The molecule has 0 bridgehead atoms. The molecule has 4 nitrogen and oxygen atoms in total. The van der Waals surface area contributed by atoms with Crippen LogP contribution < -0.4 is 4.90 Å². The Morgan fingerprint density at radius 3 is 1.83 bits per heavy atom. The van der Waals surface area contributed by atoms with Gasteiger partial charge in [-0.2, -0.15) is 0 Å². The van der Waals surface area contributed by atoms with Gasteiger partial charge >= 0.3 is 0 Å². The molecule has 1 N–H and O–H groups in total. The number of pyridine rings is 1. The van der Waals surface area contributed by atoms with Crippen molar-refractivity contribution in [1.82, 2.24) is 4.98 Å². The maximum atomic E-state index is 12.9. The third kappa shape index (κ3) is 3.27. The first kappa shape index (κ1) is 14.9. The second-order valence-electron chi connectivity index (χ2n) is 5.00. The lowest BCUT2D eigenvalue weighted by molar-refractivity contribution is -0.126. The average molecular weight is 304 g/mol. The first-order valence-electron chi connectivity index (χ1n) is 7.30. The number of nitrogens with zero attached hydrogens (tertiary/aromatic N) is 2. The Morgan fingerprint density at radius 1 is 0.826 bits per heavy atom. The third-order valence-corrected chi connectivity index (χ3v) is 3.45. The number of benzene rings is 2.